The van der Waals surface area contributed by atoms with Crippen LogP contribution >= 0.6 is 27.9 Å². The topological polar surface area (TPSA) is 20.3 Å². The van der Waals surface area contributed by atoms with Crippen molar-refractivity contribution < 1.29 is 4.79 Å². The zero-order valence-electron chi connectivity index (χ0n) is 6.53. The van der Waals surface area contributed by atoms with E-state index in [2.05, 4.69) is 15.9 Å². The zero-order chi connectivity index (χ0) is 8.97. The molecule has 1 aromatic carbocycles. The summed E-state index contributed by atoms with van der Waals surface area (Å²) in [4.78, 5) is 11.3. The SMILES string of the molecule is CN(C=O)Sc1ccc(Br)cc1. The van der Waals surface area contributed by atoms with E-state index in [4.69, 9.17) is 0 Å². The predicted molar refractivity (Wildman–Crippen MR) is 53.8 cm³/mol. The lowest BCUT2D eigenvalue weighted by Crippen LogP contribution is -2.03. The lowest BCUT2D eigenvalue weighted by molar-refractivity contribution is -0.113. The van der Waals surface area contributed by atoms with Crippen LogP contribution in [0.1, 0.15) is 0 Å². The van der Waals surface area contributed by atoms with Crippen LogP contribution < -0.4 is 0 Å². The van der Waals surface area contributed by atoms with Crippen LogP contribution in [0.25, 0.3) is 0 Å². The molecule has 4 heteroatoms. The van der Waals surface area contributed by atoms with Crippen molar-refractivity contribution in [3.8, 4) is 0 Å². The molecule has 2 nitrogen and oxygen atoms in total. The van der Waals surface area contributed by atoms with Crippen LogP contribution in [0.4, 0.5) is 0 Å². The van der Waals surface area contributed by atoms with E-state index in [1.54, 1.807) is 7.05 Å². The van der Waals surface area contributed by atoms with Crippen molar-refractivity contribution in [2.75, 3.05) is 7.05 Å². The van der Waals surface area contributed by atoms with Gasteiger partial charge in [0.2, 0.25) is 6.41 Å². The first-order chi connectivity index (χ1) is 5.72. The predicted octanol–water partition coefficient (Wildman–Crippen LogP) is 2.54. The summed E-state index contributed by atoms with van der Waals surface area (Å²) in [7, 11) is 1.72. The van der Waals surface area contributed by atoms with E-state index in [1.807, 2.05) is 24.3 Å². The third-order valence-electron chi connectivity index (χ3n) is 1.21. The molecule has 0 spiro atoms. The molecule has 0 bridgehead atoms. The first-order valence-electron chi connectivity index (χ1n) is 3.34. The minimum absolute atomic E-state index is 0.784. The number of hydrogen-bond donors (Lipinski definition) is 0. The Labute approximate surface area is 84.2 Å². The van der Waals surface area contributed by atoms with Crippen molar-refractivity contribution in [3.63, 3.8) is 0 Å². The van der Waals surface area contributed by atoms with Crippen LogP contribution in [-0.2, 0) is 4.79 Å². The van der Waals surface area contributed by atoms with Crippen molar-refractivity contribution in [3.05, 3.63) is 28.7 Å². The molecule has 1 amide bonds. The number of hydrogen-bond acceptors (Lipinski definition) is 2. The maximum absolute atomic E-state index is 10.3. The fourth-order valence-corrected chi connectivity index (χ4v) is 1.58. The Bertz CT molecular complexity index is 262. The molecule has 0 N–H and O–H groups in total. The highest BCUT2D eigenvalue weighted by Crippen LogP contribution is 2.21. The Kier molecular flexibility index (Phi) is 3.62. The summed E-state index contributed by atoms with van der Waals surface area (Å²) < 4.78 is 2.56. The van der Waals surface area contributed by atoms with Gasteiger partial charge < -0.3 is 0 Å². The fraction of sp³-hybridized carbons (Fsp3) is 0.125. The van der Waals surface area contributed by atoms with Gasteiger partial charge in [-0.25, -0.2) is 0 Å². The molecule has 0 aliphatic rings. The molecule has 0 fully saturated rings. The third kappa shape index (κ3) is 2.87. The molecule has 64 valence electrons. The second kappa shape index (κ2) is 4.52. The Hall–Kier alpha value is -0.480. The molecular formula is C8H8BrNOS. The average Bonchev–Trinajstić information content (AvgIpc) is 2.09. The van der Waals surface area contributed by atoms with E-state index >= 15 is 0 Å². The van der Waals surface area contributed by atoms with Crippen molar-refractivity contribution in [2.45, 2.75) is 4.90 Å². The van der Waals surface area contributed by atoms with Crippen molar-refractivity contribution in [2.24, 2.45) is 0 Å². The van der Waals surface area contributed by atoms with E-state index in [1.165, 1.54) is 16.3 Å². The molecule has 1 rings (SSSR count). The van der Waals surface area contributed by atoms with E-state index in [-0.39, 0.29) is 0 Å². The Morgan fingerprint density at radius 1 is 1.42 bits per heavy atom. The minimum atomic E-state index is 0.784. The molecule has 0 atom stereocenters. The van der Waals surface area contributed by atoms with Crippen LogP contribution in [0.2, 0.25) is 0 Å². The average molecular weight is 246 g/mol. The second-order valence-electron chi connectivity index (χ2n) is 2.20. The molecule has 0 aliphatic heterocycles. The lowest BCUT2D eigenvalue weighted by atomic mass is 10.4. The highest BCUT2D eigenvalue weighted by Gasteiger charge is 1.96. The van der Waals surface area contributed by atoms with Gasteiger partial charge in [0.25, 0.3) is 0 Å². The van der Waals surface area contributed by atoms with E-state index in [0.29, 0.717) is 0 Å². The van der Waals surface area contributed by atoms with Crippen molar-refractivity contribution in [1.82, 2.24) is 4.31 Å². The van der Waals surface area contributed by atoms with E-state index in [0.717, 1.165) is 15.8 Å². The Morgan fingerprint density at radius 2 is 2.00 bits per heavy atom. The van der Waals surface area contributed by atoms with Gasteiger partial charge in [-0.15, -0.1) is 0 Å². The summed E-state index contributed by atoms with van der Waals surface area (Å²) in [5, 5.41) is 0. The lowest BCUT2D eigenvalue weighted by Gasteiger charge is -2.07. The fourth-order valence-electron chi connectivity index (χ4n) is 0.683. The molecule has 0 aliphatic carbocycles. The van der Waals surface area contributed by atoms with E-state index < -0.39 is 0 Å². The summed E-state index contributed by atoms with van der Waals surface area (Å²) in [5.74, 6) is 0. The van der Waals surface area contributed by atoms with Gasteiger partial charge in [0.15, 0.2) is 0 Å². The molecular weight excluding hydrogens is 238 g/mol. The summed E-state index contributed by atoms with van der Waals surface area (Å²) >= 11 is 4.73. The Balaban J connectivity index is 2.64. The molecule has 0 saturated carbocycles. The summed E-state index contributed by atoms with van der Waals surface area (Å²) in [6.45, 7) is 0. The van der Waals surface area contributed by atoms with Crippen LogP contribution in [0.3, 0.4) is 0 Å². The maximum atomic E-state index is 10.3. The van der Waals surface area contributed by atoms with Gasteiger partial charge in [-0.05, 0) is 36.2 Å². The molecule has 0 heterocycles. The molecule has 0 aromatic heterocycles. The Morgan fingerprint density at radius 3 is 2.50 bits per heavy atom. The molecule has 0 saturated heterocycles. The number of benzene rings is 1. The highest BCUT2D eigenvalue weighted by atomic mass is 79.9. The molecule has 1 aromatic rings. The number of halogens is 1. The second-order valence-corrected chi connectivity index (χ2v) is 4.34. The number of rotatable bonds is 3. The largest absolute Gasteiger partial charge is 0.288 e. The van der Waals surface area contributed by atoms with Crippen LogP contribution in [0, 0.1) is 0 Å². The van der Waals surface area contributed by atoms with Gasteiger partial charge in [-0.1, -0.05) is 15.9 Å². The monoisotopic (exact) mass is 245 g/mol. The standard InChI is InChI=1S/C8H8BrNOS/c1-10(6-11)12-8-4-2-7(9)3-5-8/h2-6H,1H3. The maximum Gasteiger partial charge on any atom is 0.219 e. The molecule has 0 radical (unpaired) electrons. The normalized spacial score (nSPS) is 9.50. The first kappa shape index (κ1) is 9.61. The van der Waals surface area contributed by atoms with Crippen LogP contribution in [0.15, 0.2) is 33.6 Å². The number of carbonyl (C=O) groups is 1. The van der Waals surface area contributed by atoms with Crippen molar-refractivity contribution in [1.29, 1.82) is 0 Å². The van der Waals surface area contributed by atoms with Gasteiger partial charge in [0, 0.05) is 16.4 Å². The smallest absolute Gasteiger partial charge is 0.219 e. The quantitative estimate of drug-likeness (QED) is 0.603. The van der Waals surface area contributed by atoms with E-state index in [9.17, 15) is 4.79 Å². The highest BCUT2D eigenvalue weighted by molar-refractivity contribution is 9.10. The zero-order valence-corrected chi connectivity index (χ0v) is 8.93. The van der Waals surface area contributed by atoms with Crippen LogP contribution in [-0.4, -0.2) is 17.8 Å². The number of amides is 1. The first-order valence-corrected chi connectivity index (χ1v) is 4.90. The van der Waals surface area contributed by atoms with Gasteiger partial charge in [0.05, 0.1) is 0 Å². The molecule has 0 unspecified atom stereocenters. The minimum Gasteiger partial charge on any atom is -0.288 e. The van der Waals surface area contributed by atoms with Crippen molar-refractivity contribution >= 4 is 34.3 Å². The van der Waals surface area contributed by atoms with Crippen LogP contribution in [0.5, 0.6) is 0 Å². The summed E-state index contributed by atoms with van der Waals surface area (Å²) in [5.41, 5.74) is 0. The summed E-state index contributed by atoms with van der Waals surface area (Å²) in [6, 6.07) is 7.80. The van der Waals surface area contributed by atoms with Gasteiger partial charge in [-0.3, -0.25) is 9.10 Å². The van der Waals surface area contributed by atoms with Gasteiger partial charge in [0.1, 0.15) is 0 Å². The summed E-state index contributed by atoms with van der Waals surface area (Å²) in [6.07, 6.45) is 0.784. The van der Waals surface area contributed by atoms with Gasteiger partial charge >= 0.3 is 0 Å². The third-order valence-corrected chi connectivity index (χ3v) is 2.60. The number of carbonyl (C=O) groups excluding carboxylic acids is 1. The van der Waals surface area contributed by atoms with Gasteiger partial charge in [-0.2, -0.15) is 0 Å². The molecule has 12 heavy (non-hydrogen) atoms. The number of nitrogens with zero attached hydrogens (tertiary/aromatic N) is 1.